The van der Waals surface area contributed by atoms with Gasteiger partial charge in [0.25, 0.3) is 0 Å². The minimum atomic E-state index is -0.629. The highest BCUT2D eigenvalue weighted by Crippen LogP contribution is 2.20. The second-order valence-corrected chi connectivity index (χ2v) is 5.75. The molecule has 0 spiro atoms. The molecule has 0 aliphatic carbocycles. The van der Waals surface area contributed by atoms with Crippen LogP contribution in [0.25, 0.3) is 0 Å². The van der Waals surface area contributed by atoms with E-state index in [-0.39, 0.29) is 24.5 Å². The molecule has 0 atom stereocenters. The average Bonchev–Trinajstić information content (AvgIpc) is 2.66. The van der Waals surface area contributed by atoms with Crippen molar-refractivity contribution >= 4 is 34.9 Å². The summed E-state index contributed by atoms with van der Waals surface area (Å²) in [5, 5.41) is 3.02. The second kappa shape index (κ2) is 9.58. The van der Waals surface area contributed by atoms with Crippen LogP contribution < -0.4 is 10.1 Å². The number of amides is 1. The third kappa shape index (κ3) is 5.89. The zero-order chi connectivity index (χ0) is 18.9. The number of halogens is 1. The highest BCUT2D eigenvalue weighted by atomic mass is 35.5. The molecule has 7 heteroatoms. The molecule has 0 fully saturated rings. The van der Waals surface area contributed by atoms with Gasteiger partial charge in [-0.15, -0.1) is 0 Å². The topological polar surface area (TPSA) is 81.7 Å². The van der Waals surface area contributed by atoms with Gasteiger partial charge in [0.15, 0.2) is 12.4 Å². The molecular formula is C19H18ClNO5. The maximum atomic E-state index is 12.0. The molecule has 2 aromatic rings. The minimum Gasteiger partial charge on any atom is -0.497 e. The Balaban J connectivity index is 1.75. The Kier molecular flexibility index (Phi) is 7.17. The third-order valence-electron chi connectivity index (χ3n) is 3.46. The average molecular weight is 376 g/mol. The first-order valence-electron chi connectivity index (χ1n) is 7.87. The molecule has 0 saturated carbocycles. The summed E-state index contributed by atoms with van der Waals surface area (Å²) in [6.07, 6.45) is -0.209. The van der Waals surface area contributed by atoms with Crippen LogP contribution >= 0.6 is 11.6 Å². The number of rotatable bonds is 8. The Morgan fingerprint density at radius 3 is 2.54 bits per heavy atom. The van der Waals surface area contributed by atoms with E-state index in [1.807, 2.05) is 0 Å². The van der Waals surface area contributed by atoms with Crippen molar-refractivity contribution in [2.45, 2.75) is 12.8 Å². The molecule has 0 unspecified atom stereocenters. The van der Waals surface area contributed by atoms with E-state index >= 15 is 0 Å². The van der Waals surface area contributed by atoms with Gasteiger partial charge in [-0.05, 0) is 24.3 Å². The van der Waals surface area contributed by atoms with Gasteiger partial charge in [-0.2, -0.15) is 0 Å². The molecule has 6 nitrogen and oxygen atoms in total. The van der Waals surface area contributed by atoms with Gasteiger partial charge >= 0.3 is 5.97 Å². The smallest absolute Gasteiger partial charge is 0.306 e. The predicted octanol–water partition coefficient (Wildman–Crippen LogP) is 3.49. The van der Waals surface area contributed by atoms with Crippen LogP contribution in [-0.4, -0.2) is 31.4 Å². The van der Waals surface area contributed by atoms with E-state index in [1.165, 1.54) is 7.11 Å². The summed E-state index contributed by atoms with van der Waals surface area (Å²) in [5.74, 6) is -0.805. The number of carbonyl (C=O) groups excluding carboxylic acids is 3. The van der Waals surface area contributed by atoms with Gasteiger partial charge in [-0.3, -0.25) is 14.4 Å². The molecule has 26 heavy (non-hydrogen) atoms. The first-order valence-corrected chi connectivity index (χ1v) is 8.24. The van der Waals surface area contributed by atoms with Crippen LogP contribution in [0.4, 0.5) is 5.69 Å². The first-order chi connectivity index (χ1) is 12.5. The van der Waals surface area contributed by atoms with Gasteiger partial charge in [-0.25, -0.2) is 0 Å². The van der Waals surface area contributed by atoms with Crippen molar-refractivity contribution in [3.8, 4) is 5.75 Å². The number of carbonyl (C=O) groups is 3. The van der Waals surface area contributed by atoms with Crippen LogP contribution in [0.1, 0.15) is 23.2 Å². The third-order valence-corrected chi connectivity index (χ3v) is 3.79. The van der Waals surface area contributed by atoms with Gasteiger partial charge in [0.1, 0.15) is 5.75 Å². The Morgan fingerprint density at radius 2 is 1.81 bits per heavy atom. The molecule has 0 saturated heterocycles. The molecule has 0 bridgehead atoms. The first kappa shape index (κ1) is 19.5. The van der Waals surface area contributed by atoms with E-state index in [4.69, 9.17) is 21.1 Å². The van der Waals surface area contributed by atoms with E-state index in [2.05, 4.69) is 5.32 Å². The lowest BCUT2D eigenvalue weighted by Crippen LogP contribution is -2.17. The van der Waals surface area contributed by atoms with Crippen LogP contribution in [0.2, 0.25) is 5.02 Å². The highest BCUT2D eigenvalue weighted by molar-refractivity contribution is 6.33. The van der Waals surface area contributed by atoms with Gasteiger partial charge in [0, 0.05) is 12.0 Å². The molecule has 1 amide bonds. The molecule has 136 valence electrons. The van der Waals surface area contributed by atoms with Crippen molar-refractivity contribution in [3.05, 3.63) is 59.1 Å². The van der Waals surface area contributed by atoms with Gasteiger partial charge in [0.05, 0.1) is 24.2 Å². The molecule has 0 aliphatic rings. The van der Waals surface area contributed by atoms with Gasteiger partial charge in [-0.1, -0.05) is 35.9 Å². The number of ether oxygens (including phenoxy) is 2. The molecule has 0 heterocycles. The number of ketones is 1. The Bertz CT molecular complexity index is 806. The van der Waals surface area contributed by atoms with Crippen LogP contribution in [0.15, 0.2) is 48.5 Å². The standard InChI is InChI=1S/C19H18ClNO5/c1-25-14-6-4-5-13(11-14)17(22)12-26-19(24)10-9-18(23)21-16-8-3-2-7-15(16)20/h2-8,11H,9-10,12H2,1H3,(H,21,23). The number of anilines is 1. The SMILES string of the molecule is COc1cccc(C(=O)COC(=O)CCC(=O)Nc2ccccc2Cl)c1. The van der Waals surface area contributed by atoms with E-state index in [9.17, 15) is 14.4 Å². The zero-order valence-electron chi connectivity index (χ0n) is 14.2. The number of benzene rings is 2. The summed E-state index contributed by atoms with van der Waals surface area (Å²) in [7, 11) is 1.50. The summed E-state index contributed by atoms with van der Waals surface area (Å²) in [5.41, 5.74) is 0.856. The molecule has 0 radical (unpaired) electrons. The maximum Gasteiger partial charge on any atom is 0.306 e. The Hall–Kier alpha value is -2.86. The molecule has 1 N–H and O–H groups in total. The van der Waals surface area contributed by atoms with Gasteiger partial charge < -0.3 is 14.8 Å². The molecular weight excluding hydrogens is 358 g/mol. The molecule has 0 aromatic heterocycles. The quantitative estimate of drug-likeness (QED) is 0.564. The lowest BCUT2D eigenvalue weighted by atomic mass is 10.1. The van der Waals surface area contributed by atoms with Crippen LogP contribution in [0, 0.1) is 0 Å². The lowest BCUT2D eigenvalue weighted by molar-refractivity contribution is -0.143. The summed E-state index contributed by atoms with van der Waals surface area (Å²) in [4.78, 5) is 35.6. The highest BCUT2D eigenvalue weighted by Gasteiger charge is 2.13. The monoisotopic (exact) mass is 375 g/mol. The maximum absolute atomic E-state index is 12.0. The number of esters is 1. The fourth-order valence-corrected chi connectivity index (χ4v) is 2.27. The Labute approximate surface area is 156 Å². The van der Waals surface area contributed by atoms with E-state index in [0.717, 1.165) is 0 Å². The fourth-order valence-electron chi connectivity index (χ4n) is 2.09. The number of para-hydroxylation sites is 1. The van der Waals surface area contributed by atoms with E-state index in [0.29, 0.717) is 22.0 Å². The normalized spacial score (nSPS) is 10.1. The van der Waals surface area contributed by atoms with Crippen molar-refractivity contribution in [1.82, 2.24) is 0 Å². The molecule has 0 aliphatic heterocycles. The van der Waals surface area contributed by atoms with Crippen LogP contribution in [0.5, 0.6) is 5.75 Å². The summed E-state index contributed by atoms with van der Waals surface area (Å²) >= 11 is 5.94. The van der Waals surface area contributed by atoms with Crippen molar-refractivity contribution in [1.29, 1.82) is 0 Å². The summed E-state index contributed by atoms with van der Waals surface area (Å²) in [6, 6.07) is 13.3. The molecule has 2 aromatic carbocycles. The Morgan fingerprint density at radius 1 is 1.04 bits per heavy atom. The largest absolute Gasteiger partial charge is 0.497 e. The summed E-state index contributed by atoms with van der Waals surface area (Å²) in [6.45, 7) is -0.391. The van der Waals surface area contributed by atoms with Crippen molar-refractivity contribution in [3.63, 3.8) is 0 Å². The van der Waals surface area contributed by atoms with Crippen molar-refractivity contribution < 1.29 is 23.9 Å². The number of nitrogens with one attached hydrogen (secondary N) is 1. The predicted molar refractivity (Wildman–Crippen MR) is 97.6 cm³/mol. The van der Waals surface area contributed by atoms with Crippen LogP contribution in [-0.2, 0) is 14.3 Å². The number of hydrogen-bond acceptors (Lipinski definition) is 5. The van der Waals surface area contributed by atoms with Crippen molar-refractivity contribution in [2.24, 2.45) is 0 Å². The van der Waals surface area contributed by atoms with Crippen molar-refractivity contribution in [2.75, 3.05) is 19.0 Å². The molecule has 2 rings (SSSR count). The zero-order valence-corrected chi connectivity index (χ0v) is 14.9. The number of Topliss-reactive ketones (excluding diaryl/α,β-unsaturated/α-hetero) is 1. The number of methoxy groups -OCH3 is 1. The van der Waals surface area contributed by atoms with E-state index < -0.39 is 12.6 Å². The number of hydrogen-bond donors (Lipinski definition) is 1. The van der Waals surface area contributed by atoms with Crippen LogP contribution in [0.3, 0.4) is 0 Å². The van der Waals surface area contributed by atoms with Gasteiger partial charge in [0.2, 0.25) is 5.91 Å². The minimum absolute atomic E-state index is 0.0720. The lowest BCUT2D eigenvalue weighted by Gasteiger charge is -2.07. The fraction of sp³-hybridized carbons (Fsp3) is 0.211. The summed E-state index contributed by atoms with van der Waals surface area (Å²) < 4.78 is 9.96. The second-order valence-electron chi connectivity index (χ2n) is 5.34. The van der Waals surface area contributed by atoms with E-state index in [1.54, 1.807) is 48.5 Å².